The van der Waals surface area contributed by atoms with Crippen LogP contribution in [0.4, 0.5) is 11.4 Å². The van der Waals surface area contributed by atoms with Gasteiger partial charge >= 0.3 is 0 Å². The molecule has 9 heteroatoms. The molecule has 140 valence electrons. The highest BCUT2D eigenvalue weighted by atomic mass is 35.5. The molecule has 0 aliphatic heterocycles. The third-order valence-electron chi connectivity index (χ3n) is 3.51. The summed E-state index contributed by atoms with van der Waals surface area (Å²) in [5.74, 6) is -0.301. The second kappa shape index (κ2) is 8.95. The molecule has 0 fully saturated rings. The van der Waals surface area contributed by atoms with Crippen molar-refractivity contribution in [2.24, 2.45) is 0 Å². The summed E-state index contributed by atoms with van der Waals surface area (Å²) in [6, 6.07) is 11.4. The molecule has 5 nitrogen and oxygen atoms in total. The van der Waals surface area contributed by atoms with Gasteiger partial charge < -0.3 is 5.32 Å². The molecule has 1 amide bonds. The van der Waals surface area contributed by atoms with Crippen LogP contribution in [-0.2, 0) is 14.8 Å². The predicted octanol–water partition coefficient (Wildman–Crippen LogP) is 4.83. The van der Waals surface area contributed by atoms with Gasteiger partial charge in [0.15, 0.2) is 0 Å². The molecule has 0 saturated heterocycles. The van der Waals surface area contributed by atoms with E-state index in [2.05, 4.69) is 5.32 Å². The zero-order valence-corrected chi connectivity index (χ0v) is 17.0. The molecule has 0 saturated carbocycles. The summed E-state index contributed by atoms with van der Waals surface area (Å²) in [7, 11) is -3.48. The van der Waals surface area contributed by atoms with Crippen molar-refractivity contribution in [1.29, 1.82) is 0 Å². The van der Waals surface area contributed by atoms with Crippen molar-refractivity contribution in [1.82, 2.24) is 0 Å². The van der Waals surface area contributed by atoms with Crippen molar-refractivity contribution in [3.05, 3.63) is 57.5 Å². The van der Waals surface area contributed by atoms with E-state index in [0.717, 1.165) is 6.26 Å². The van der Waals surface area contributed by atoms with Gasteiger partial charge in [0.2, 0.25) is 15.9 Å². The zero-order chi connectivity index (χ0) is 19.3. The smallest absolute Gasteiger partial charge is 0.232 e. The van der Waals surface area contributed by atoms with Gasteiger partial charge in [-0.2, -0.15) is 0 Å². The number of carbonyl (C=O) groups is 1. The first-order valence-electron chi connectivity index (χ1n) is 7.65. The summed E-state index contributed by atoms with van der Waals surface area (Å²) >= 11 is 17.9. The number of benzene rings is 2. The van der Waals surface area contributed by atoms with Crippen molar-refractivity contribution in [3.63, 3.8) is 0 Å². The topological polar surface area (TPSA) is 66.5 Å². The van der Waals surface area contributed by atoms with Crippen LogP contribution in [0.3, 0.4) is 0 Å². The number of para-hydroxylation sites is 1. The molecule has 2 rings (SSSR count). The molecule has 0 atom stereocenters. The monoisotopic (exact) mass is 434 g/mol. The van der Waals surface area contributed by atoms with Gasteiger partial charge in [-0.3, -0.25) is 9.10 Å². The first-order valence-corrected chi connectivity index (χ1v) is 10.6. The molecule has 26 heavy (non-hydrogen) atoms. The van der Waals surface area contributed by atoms with Gasteiger partial charge in [-0.25, -0.2) is 8.42 Å². The maximum atomic E-state index is 12.1. The fraction of sp³-hybridized carbons (Fsp3) is 0.235. The Labute approximate surface area is 167 Å². The average molecular weight is 436 g/mol. The van der Waals surface area contributed by atoms with Gasteiger partial charge in [0, 0.05) is 18.0 Å². The highest BCUT2D eigenvalue weighted by molar-refractivity contribution is 7.92. The second-order valence-corrected chi connectivity index (χ2v) is 8.72. The highest BCUT2D eigenvalue weighted by Gasteiger charge is 2.18. The van der Waals surface area contributed by atoms with E-state index in [4.69, 9.17) is 34.8 Å². The van der Waals surface area contributed by atoms with Gasteiger partial charge in [0.25, 0.3) is 0 Å². The van der Waals surface area contributed by atoms with Crippen LogP contribution in [0, 0.1) is 0 Å². The summed E-state index contributed by atoms with van der Waals surface area (Å²) < 4.78 is 25.3. The third kappa shape index (κ3) is 5.77. The van der Waals surface area contributed by atoms with E-state index in [1.807, 2.05) is 0 Å². The summed E-state index contributed by atoms with van der Waals surface area (Å²) in [4.78, 5) is 12.1. The minimum absolute atomic E-state index is 0.112. The van der Waals surface area contributed by atoms with Gasteiger partial charge in [0.05, 0.1) is 27.7 Å². The Balaban J connectivity index is 1.99. The minimum atomic E-state index is -3.48. The number of sulfonamides is 1. The van der Waals surface area contributed by atoms with Gasteiger partial charge in [-0.05, 0) is 42.8 Å². The first-order chi connectivity index (χ1) is 12.2. The van der Waals surface area contributed by atoms with E-state index in [-0.39, 0.29) is 18.9 Å². The maximum absolute atomic E-state index is 12.1. The van der Waals surface area contributed by atoms with Crippen LogP contribution in [0.1, 0.15) is 12.8 Å². The molecule has 0 aromatic heterocycles. The fourth-order valence-electron chi connectivity index (χ4n) is 2.30. The Morgan fingerprint density at radius 2 is 1.62 bits per heavy atom. The Bertz CT molecular complexity index is 866. The van der Waals surface area contributed by atoms with E-state index in [1.54, 1.807) is 42.5 Å². The van der Waals surface area contributed by atoms with Crippen LogP contribution < -0.4 is 9.62 Å². The predicted molar refractivity (Wildman–Crippen MR) is 108 cm³/mol. The summed E-state index contributed by atoms with van der Waals surface area (Å²) in [5, 5.41) is 3.84. The van der Waals surface area contributed by atoms with E-state index in [1.165, 1.54) is 4.31 Å². The lowest BCUT2D eigenvalue weighted by atomic mass is 10.2. The number of halogens is 3. The second-order valence-electron chi connectivity index (χ2n) is 5.56. The standard InChI is InChI=1S/C17H17Cl3N2O3S/c1-26(24,25)22(13-9-7-12(18)8-10-13)11-3-6-16(23)21-17-14(19)4-2-5-15(17)20/h2,4-5,7-10H,3,6,11H2,1H3,(H,21,23). The number of anilines is 2. The Morgan fingerprint density at radius 3 is 2.15 bits per heavy atom. The number of rotatable bonds is 7. The highest BCUT2D eigenvalue weighted by Crippen LogP contribution is 2.30. The Hall–Kier alpha value is -1.47. The number of nitrogens with zero attached hydrogens (tertiary/aromatic N) is 1. The van der Waals surface area contributed by atoms with E-state index < -0.39 is 10.0 Å². The number of amides is 1. The molecular weight excluding hydrogens is 419 g/mol. The molecule has 1 N–H and O–H groups in total. The van der Waals surface area contributed by atoms with Crippen LogP contribution in [-0.4, -0.2) is 27.1 Å². The lowest BCUT2D eigenvalue weighted by molar-refractivity contribution is -0.116. The molecule has 2 aromatic carbocycles. The fourth-order valence-corrected chi connectivity index (χ4v) is 3.88. The van der Waals surface area contributed by atoms with Crippen LogP contribution >= 0.6 is 34.8 Å². The molecule has 0 spiro atoms. The van der Waals surface area contributed by atoms with Crippen LogP contribution in [0.15, 0.2) is 42.5 Å². The maximum Gasteiger partial charge on any atom is 0.232 e. The zero-order valence-electron chi connectivity index (χ0n) is 13.9. The lowest BCUT2D eigenvalue weighted by Crippen LogP contribution is -2.31. The summed E-state index contributed by atoms with van der Waals surface area (Å²) in [6.45, 7) is 0.157. The number of carbonyl (C=O) groups excluding carboxylic acids is 1. The molecule has 0 aliphatic rings. The minimum Gasteiger partial charge on any atom is -0.324 e. The molecule has 0 heterocycles. The van der Waals surface area contributed by atoms with Crippen molar-refractivity contribution < 1.29 is 13.2 Å². The average Bonchev–Trinajstić information content (AvgIpc) is 2.55. The van der Waals surface area contributed by atoms with Crippen molar-refractivity contribution in [2.75, 3.05) is 22.4 Å². The first kappa shape index (κ1) is 20.8. The number of hydrogen-bond acceptors (Lipinski definition) is 3. The van der Waals surface area contributed by atoms with E-state index in [0.29, 0.717) is 32.9 Å². The van der Waals surface area contributed by atoms with Crippen LogP contribution in [0.25, 0.3) is 0 Å². The van der Waals surface area contributed by atoms with Gasteiger partial charge in [-0.1, -0.05) is 40.9 Å². The largest absolute Gasteiger partial charge is 0.324 e. The molecule has 0 bridgehead atoms. The summed E-state index contributed by atoms with van der Waals surface area (Å²) in [5.41, 5.74) is 0.838. The van der Waals surface area contributed by atoms with Crippen LogP contribution in [0.5, 0.6) is 0 Å². The SMILES string of the molecule is CS(=O)(=O)N(CCCC(=O)Nc1c(Cl)cccc1Cl)c1ccc(Cl)cc1. The summed E-state index contributed by atoms with van der Waals surface area (Å²) in [6.07, 6.45) is 1.55. The number of nitrogens with one attached hydrogen (secondary N) is 1. The molecule has 0 unspecified atom stereocenters. The molecule has 0 aliphatic carbocycles. The quantitative estimate of drug-likeness (QED) is 0.677. The Morgan fingerprint density at radius 1 is 1.04 bits per heavy atom. The molecule has 0 radical (unpaired) electrons. The normalized spacial score (nSPS) is 11.2. The van der Waals surface area contributed by atoms with Crippen molar-refractivity contribution >= 4 is 62.1 Å². The van der Waals surface area contributed by atoms with E-state index >= 15 is 0 Å². The van der Waals surface area contributed by atoms with E-state index in [9.17, 15) is 13.2 Å². The van der Waals surface area contributed by atoms with Crippen molar-refractivity contribution in [2.45, 2.75) is 12.8 Å². The molecule has 2 aromatic rings. The van der Waals surface area contributed by atoms with Crippen molar-refractivity contribution in [3.8, 4) is 0 Å². The number of hydrogen-bond donors (Lipinski definition) is 1. The van der Waals surface area contributed by atoms with Crippen LogP contribution in [0.2, 0.25) is 15.1 Å². The molecular formula is C17H17Cl3N2O3S. The lowest BCUT2D eigenvalue weighted by Gasteiger charge is -2.22. The Kier molecular flexibility index (Phi) is 7.17. The van der Waals surface area contributed by atoms with Gasteiger partial charge in [0.1, 0.15) is 0 Å². The third-order valence-corrected chi connectivity index (χ3v) is 5.58. The van der Waals surface area contributed by atoms with Gasteiger partial charge in [-0.15, -0.1) is 0 Å².